The van der Waals surface area contributed by atoms with E-state index in [9.17, 15) is 4.79 Å². The summed E-state index contributed by atoms with van der Waals surface area (Å²) in [6.45, 7) is 10.3. The molecule has 7 heteroatoms. The summed E-state index contributed by atoms with van der Waals surface area (Å²) in [6.07, 6.45) is 5.15. The average molecular weight is 315 g/mol. The summed E-state index contributed by atoms with van der Waals surface area (Å²) >= 11 is 0. The summed E-state index contributed by atoms with van der Waals surface area (Å²) in [4.78, 5) is 15.5. The largest absolute Gasteiger partial charge is 0.356 e. The molecule has 0 aromatic rings. The first-order chi connectivity index (χ1) is 9.84. The number of nitrogens with zero attached hydrogens (tertiary/aromatic N) is 2. The summed E-state index contributed by atoms with van der Waals surface area (Å²) in [5.74, 6) is -0.125. The number of amides is 1. The maximum atomic E-state index is 11.8. The molecule has 0 fully saturated rings. The molecule has 1 N–H and O–H groups in total. The Morgan fingerprint density at radius 3 is 2.43 bits per heavy atom. The summed E-state index contributed by atoms with van der Waals surface area (Å²) in [6, 6.07) is 2.04. The Morgan fingerprint density at radius 1 is 1.43 bits per heavy atom. The molecule has 0 radical (unpaired) electrons. The van der Waals surface area contributed by atoms with Gasteiger partial charge in [0, 0.05) is 19.1 Å². The van der Waals surface area contributed by atoms with Gasteiger partial charge < -0.3 is 14.4 Å². The summed E-state index contributed by atoms with van der Waals surface area (Å²) in [5.41, 5.74) is -0.906. The first kappa shape index (κ1) is 19.9. The second kappa shape index (κ2) is 9.73. The van der Waals surface area contributed by atoms with E-state index in [0.717, 1.165) is 0 Å². The van der Waals surface area contributed by atoms with Crippen molar-refractivity contribution in [1.29, 1.82) is 5.26 Å². The van der Waals surface area contributed by atoms with Gasteiger partial charge in [-0.25, -0.2) is 0 Å². The van der Waals surface area contributed by atoms with Gasteiger partial charge in [-0.15, -0.1) is 0 Å². The van der Waals surface area contributed by atoms with Crippen LogP contribution in [0, 0.1) is 11.3 Å². The summed E-state index contributed by atoms with van der Waals surface area (Å²) in [7, 11) is -2.13. The molecule has 0 saturated heterocycles. The Hall–Kier alpha value is -1.15. The van der Waals surface area contributed by atoms with E-state index < -0.39 is 12.9 Å². The minimum Gasteiger partial charge on any atom is -0.356 e. The fourth-order valence-corrected chi connectivity index (χ4v) is 3.34. The second-order valence-electron chi connectivity index (χ2n) is 4.77. The quantitative estimate of drug-likeness (QED) is 0.468. The third-order valence-electron chi connectivity index (χ3n) is 2.93. The third-order valence-corrected chi connectivity index (χ3v) is 5.29. The Labute approximate surface area is 127 Å². The van der Waals surface area contributed by atoms with Crippen LogP contribution in [0.1, 0.15) is 33.6 Å². The molecule has 0 rings (SSSR count). The molecule has 1 unspecified atom stereocenters. The third kappa shape index (κ3) is 8.01. The Balaban J connectivity index is 4.17. The predicted octanol–water partition coefficient (Wildman–Crippen LogP) is 2.22. The van der Waals surface area contributed by atoms with Crippen molar-refractivity contribution in [2.75, 3.05) is 25.9 Å². The molecule has 120 valence electrons. The van der Waals surface area contributed by atoms with E-state index in [4.69, 9.17) is 14.3 Å². The van der Waals surface area contributed by atoms with Crippen molar-refractivity contribution in [3.63, 3.8) is 0 Å². The highest BCUT2D eigenvalue weighted by molar-refractivity contribution is 7.64. The fraction of sp³-hybridized carbons (Fsp3) is 0.714. The van der Waals surface area contributed by atoms with Crippen LogP contribution in [0.2, 0.25) is 0 Å². The maximum Gasteiger partial charge on any atom is 0.220 e. The standard InChI is InChI=1S/C14H26N3O3P/c1-6-19-21(5,20-7-2)11-10-17-13(18)8-9-14(3,12-15)16-4/h4-11H2,1-3H3,(H,17,18). The zero-order valence-corrected chi connectivity index (χ0v) is 14.1. The van der Waals surface area contributed by atoms with Crippen molar-refractivity contribution in [2.24, 2.45) is 4.99 Å². The van der Waals surface area contributed by atoms with Crippen LogP contribution < -0.4 is 5.32 Å². The van der Waals surface area contributed by atoms with Crippen LogP contribution in [-0.4, -0.2) is 50.4 Å². The number of carbonyl (C=O) groups is 1. The summed E-state index contributed by atoms with van der Waals surface area (Å²) < 4.78 is 11.1. The smallest absolute Gasteiger partial charge is 0.220 e. The molecule has 0 aliphatic heterocycles. The van der Waals surface area contributed by atoms with Gasteiger partial charge >= 0.3 is 0 Å². The zero-order chi connectivity index (χ0) is 16.4. The molecule has 0 aliphatic carbocycles. The topological polar surface area (TPSA) is 83.7 Å². The normalized spacial score (nSPS) is 14.0. The fourth-order valence-electron chi connectivity index (χ4n) is 1.62. The van der Waals surface area contributed by atoms with Crippen LogP contribution in [0.5, 0.6) is 0 Å². The van der Waals surface area contributed by atoms with E-state index in [1.165, 1.54) is 0 Å². The number of rotatable bonds is 11. The van der Waals surface area contributed by atoms with Crippen molar-refractivity contribution in [3.8, 4) is 6.07 Å². The molecule has 1 amide bonds. The van der Waals surface area contributed by atoms with Gasteiger partial charge in [0.05, 0.1) is 19.3 Å². The van der Waals surface area contributed by atoms with Gasteiger partial charge in [0.25, 0.3) is 0 Å². The number of nitrogens with one attached hydrogen (secondary N) is 1. The Bertz CT molecular complexity index is 424. The lowest BCUT2D eigenvalue weighted by molar-refractivity contribution is -0.121. The van der Waals surface area contributed by atoms with E-state index >= 15 is 0 Å². The van der Waals surface area contributed by atoms with Crippen molar-refractivity contribution in [1.82, 2.24) is 5.32 Å². The van der Waals surface area contributed by atoms with E-state index in [1.807, 2.05) is 19.9 Å². The molecule has 0 saturated carbocycles. The number of carbonyl (C=O) groups excluding carboxylic acids is 1. The Kier molecular flexibility index (Phi) is 9.19. The highest BCUT2D eigenvalue weighted by atomic mass is 31.2. The number of hydrogen-bond donors (Lipinski definition) is 1. The number of aliphatic imine (C=N–C) groups is 1. The molecule has 0 heterocycles. The molecular weight excluding hydrogens is 289 g/mol. The molecule has 0 aromatic carbocycles. The van der Waals surface area contributed by atoms with Gasteiger partial charge in [-0.3, -0.25) is 9.79 Å². The molecule has 1 atom stereocenters. The van der Waals surface area contributed by atoms with Gasteiger partial charge in [-0.1, -0.05) is 6.30 Å². The lowest BCUT2D eigenvalue weighted by Gasteiger charge is -2.23. The van der Waals surface area contributed by atoms with E-state index in [0.29, 0.717) is 32.3 Å². The van der Waals surface area contributed by atoms with E-state index in [1.54, 1.807) is 6.92 Å². The highest BCUT2D eigenvalue weighted by Gasteiger charge is 2.22. The van der Waals surface area contributed by atoms with Crippen LogP contribution in [0.25, 0.3) is 0 Å². The first-order valence-electron chi connectivity index (χ1n) is 7.02. The highest BCUT2D eigenvalue weighted by Crippen LogP contribution is 2.46. The van der Waals surface area contributed by atoms with Gasteiger partial charge in [-0.2, -0.15) is 5.26 Å². The minimum absolute atomic E-state index is 0.125. The van der Waals surface area contributed by atoms with E-state index in [2.05, 4.69) is 23.3 Å². The van der Waals surface area contributed by atoms with Gasteiger partial charge in [-0.05, 0) is 33.9 Å². The Morgan fingerprint density at radius 2 is 2.00 bits per heavy atom. The molecule has 6 nitrogen and oxygen atoms in total. The number of nitriles is 1. The molecular formula is C14H26N3O3P. The van der Waals surface area contributed by atoms with Gasteiger partial charge in [0.1, 0.15) is 12.9 Å². The zero-order valence-electron chi connectivity index (χ0n) is 13.2. The molecule has 0 aromatic heterocycles. The minimum atomic E-state index is -2.13. The van der Waals surface area contributed by atoms with Crippen LogP contribution in [0.4, 0.5) is 0 Å². The van der Waals surface area contributed by atoms with E-state index in [-0.39, 0.29) is 12.3 Å². The van der Waals surface area contributed by atoms with Crippen molar-refractivity contribution >= 4 is 26.3 Å². The van der Waals surface area contributed by atoms with Gasteiger partial charge in [0.15, 0.2) is 0 Å². The molecule has 0 bridgehead atoms. The van der Waals surface area contributed by atoms with Crippen molar-refractivity contribution in [2.45, 2.75) is 39.2 Å². The predicted molar refractivity (Wildman–Crippen MR) is 88.0 cm³/mol. The molecule has 0 spiro atoms. The average Bonchev–Trinajstić information content (AvgIpc) is 2.45. The van der Waals surface area contributed by atoms with Crippen LogP contribution in [0.3, 0.4) is 0 Å². The molecule has 21 heavy (non-hydrogen) atoms. The summed E-state index contributed by atoms with van der Waals surface area (Å²) in [5, 5.41) is 11.7. The SMILES string of the molecule is C=NC(C)(C#N)CCC(=O)NCCP(=C)(OCC)OCC. The van der Waals surface area contributed by atoms with Gasteiger partial charge in [0.2, 0.25) is 5.91 Å². The number of hydrogen-bond acceptors (Lipinski definition) is 5. The maximum absolute atomic E-state index is 11.8. The van der Waals surface area contributed by atoms with Crippen LogP contribution in [-0.2, 0) is 13.8 Å². The van der Waals surface area contributed by atoms with Crippen LogP contribution in [0.15, 0.2) is 4.99 Å². The first-order valence-corrected chi connectivity index (χ1v) is 9.01. The van der Waals surface area contributed by atoms with Crippen molar-refractivity contribution in [3.05, 3.63) is 0 Å². The second-order valence-corrected chi connectivity index (χ2v) is 7.36. The lowest BCUT2D eigenvalue weighted by Crippen LogP contribution is -2.29. The van der Waals surface area contributed by atoms with Crippen LogP contribution >= 0.6 is 7.34 Å². The monoisotopic (exact) mass is 315 g/mol. The van der Waals surface area contributed by atoms with Crippen molar-refractivity contribution < 1.29 is 13.8 Å². The lowest BCUT2D eigenvalue weighted by atomic mass is 9.98. The molecule has 0 aliphatic rings.